The van der Waals surface area contributed by atoms with Gasteiger partial charge in [0.1, 0.15) is 22.3 Å². The predicted molar refractivity (Wildman–Crippen MR) is 123 cm³/mol. The van der Waals surface area contributed by atoms with E-state index in [9.17, 15) is 17.2 Å². The molecule has 0 amide bonds. The fourth-order valence-electron chi connectivity index (χ4n) is 3.31. The van der Waals surface area contributed by atoms with Crippen molar-refractivity contribution in [2.75, 3.05) is 25.1 Å². The van der Waals surface area contributed by atoms with Gasteiger partial charge in [-0.25, -0.2) is 22.2 Å². The lowest BCUT2D eigenvalue weighted by molar-refractivity contribution is -0.0508. The molecular formula is C22H21ClF2N2O4S2. The first kappa shape index (κ1) is 23.9. The molecule has 2 heterocycles. The zero-order valence-electron chi connectivity index (χ0n) is 17.6. The lowest BCUT2D eigenvalue weighted by atomic mass is 10.1. The number of nitrogens with zero attached hydrogens (tertiary/aromatic N) is 1. The Morgan fingerprint density at radius 3 is 2.73 bits per heavy atom. The molecule has 0 aliphatic carbocycles. The second-order valence-corrected chi connectivity index (χ2v) is 10.8. The van der Waals surface area contributed by atoms with E-state index in [0.717, 1.165) is 12.1 Å². The fourth-order valence-corrected chi connectivity index (χ4v) is 5.61. The summed E-state index contributed by atoms with van der Waals surface area (Å²) in [5.41, 5.74) is 2.28. The second-order valence-electron chi connectivity index (χ2n) is 7.77. The highest BCUT2D eigenvalue weighted by atomic mass is 35.5. The van der Waals surface area contributed by atoms with Crippen molar-refractivity contribution in [3.8, 4) is 5.75 Å². The number of thiazole rings is 1. The molecule has 1 N–H and O–H groups in total. The first-order chi connectivity index (χ1) is 15.7. The first-order valence-corrected chi connectivity index (χ1v) is 13.1. The quantitative estimate of drug-likeness (QED) is 0.420. The van der Waals surface area contributed by atoms with E-state index in [1.165, 1.54) is 22.9 Å². The van der Waals surface area contributed by atoms with Crippen LogP contribution in [0.4, 0.5) is 14.5 Å². The van der Waals surface area contributed by atoms with Crippen molar-refractivity contribution in [2.45, 2.75) is 23.6 Å². The van der Waals surface area contributed by atoms with Gasteiger partial charge >= 0.3 is 0 Å². The molecule has 1 aliphatic heterocycles. The number of halogens is 3. The van der Waals surface area contributed by atoms with E-state index < -0.39 is 38.2 Å². The minimum Gasteiger partial charge on any atom is -0.493 e. The van der Waals surface area contributed by atoms with E-state index in [-0.39, 0.29) is 10.7 Å². The van der Waals surface area contributed by atoms with Crippen LogP contribution in [-0.4, -0.2) is 33.2 Å². The highest BCUT2D eigenvalue weighted by Gasteiger charge is 2.24. The molecular weight excluding hydrogens is 494 g/mol. The third kappa shape index (κ3) is 5.63. The maximum Gasteiger partial charge on any atom is 0.187 e. The van der Waals surface area contributed by atoms with Crippen LogP contribution in [0.3, 0.4) is 0 Å². The van der Waals surface area contributed by atoms with Crippen LogP contribution < -0.4 is 10.1 Å². The molecule has 33 heavy (non-hydrogen) atoms. The Morgan fingerprint density at radius 1 is 1.27 bits per heavy atom. The molecule has 1 atom stereocenters. The van der Waals surface area contributed by atoms with Crippen LogP contribution in [0.1, 0.15) is 24.2 Å². The maximum atomic E-state index is 14.8. The summed E-state index contributed by atoms with van der Waals surface area (Å²) in [6, 6.07) is 5.88. The third-order valence-corrected chi connectivity index (χ3v) is 7.78. The maximum absolute atomic E-state index is 14.8. The van der Waals surface area contributed by atoms with Crippen LogP contribution in [0, 0.1) is 17.6 Å². The molecule has 0 unspecified atom stereocenters. The zero-order valence-corrected chi connectivity index (χ0v) is 19.9. The topological polar surface area (TPSA) is 77.5 Å². The van der Waals surface area contributed by atoms with Crippen molar-refractivity contribution in [2.24, 2.45) is 5.92 Å². The summed E-state index contributed by atoms with van der Waals surface area (Å²) in [7, 11) is -3.99. The zero-order chi connectivity index (χ0) is 23.6. The molecule has 2 aromatic carbocycles. The largest absolute Gasteiger partial charge is 0.493 e. The number of hydrogen-bond acceptors (Lipinski definition) is 7. The molecule has 0 bridgehead atoms. The van der Waals surface area contributed by atoms with Gasteiger partial charge in [0.15, 0.2) is 9.84 Å². The van der Waals surface area contributed by atoms with Crippen LogP contribution in [0.5, 0.6) is 5.75 Å². The summed E-state index contributed by atoms with van der Waals surface area (Å²) in [5.74, 6) is -1.02. The van der Waals surface area contributed by atoms with E-state index in [2.05, 4.69) is 10.3 Å². The van der Waals surface area contributed by atoms with Gasteiger partial charge in [-0.1, -0.05) is 11.6 Å². The molecule has 1 aliphatic rings. The molecule has 1 saturated heterocycles. The number of ether oxygens (including phenoxy) is 2. The van der Waals surface area contributed by atoms with Gasteiger partial charge in [0.2, 0.25) is 0 Å². The van der Waals surface area contributed by atoms with Crippen LogP contribution in [0.15, 0.2) is 46.1 Å². The van der Waals surface area contributed by atoms with Gasteiger partial charge in [0.05, 0.1) is 53.5 Å². The van der Waals surface area contributed by atoms with Gasteiger partial charge in [0.25, 0.3) is 0 Å². The molecule has 1 fully saturated rings. The first-order valence-electron chi connectivity index (χ1n) is 10.1. The second kappa shape index (κ2) is 9.92. The van der Waals surface area contributed by atoms with Crippen LogP contribution in [0.25, 0.3) is 0 Å². The lowest BCUT2D eigenvalue weighted by Gasteiger charge is -2.26. The van der Waals surface area contributed by atoms with E-state index in [0.29, 0.717) is 42.7 Å². The Balaban J connectivity index is 1.51. The van der Waals surface area contributed by atoms with Gasteiger partial charge in [-0.05, 0) is 37.3 Å². The molecule has 11 heteroatoms. The van der Waals surface area contributed by atoms with Crippen molar-refractivity contribution in [3.63, 3.8) is 0 Å². The Morgan fingerprint density at radius 2 is 2.06 bits per heavy atom. The standard InChI is InChI=1S/C22H21ClF2N2O4S2/c1-13(17-4-16(2-3-19(17)24)31-9-14-7-30-8-14)27-21-6-20(25)22(5-18(21)23)33(28,29)11-15-10-32-12-26-15/h2-6,10,12-14,27H,7-9,11H2,1H3/t13-/m0/s1. The number of hydrogen-bond donors (Lipinski definition) is 1. The minimum absolute atomic E-state index is 0.00195. The molecule has 6 nitrogen and oxygen atoms in total. The van der Waals surface area contributed by atoms with Gasteiger partial charge in [-0.15, -0.1) is 11.3 Å². The number of nitrogens with one attached hydrogen (secondary N) is 1. The molecule has 0 saturated carbocycles. The van der Waals surface area contributed by atoms with Gasteiger partial charge in [0, 0.05) is 16.9 Å². The monoisotopic (exact) mass is 514 g/mol. The van der Waals surface area contributed by atoms with Crippen molar-refractivity contribution >= 4 is 38.5 Å². The van der Waals surface area contributed by atoms with Crippen molar-refractivity contribution in [3.05, 3.63) is 69.1 Å². The number of benzene rings is 2. The fraction of sp³-hybridized carbons (Fsp3) is 0.318. The Labute approximate surface area is 199 Å². The van der Waals surface area contributed by atoms with Crippen LogP contribution in [-0.2, 0) is 20.3 Å². The molecule has 4 rings (SSSR count). The van der Waals surface area contributed by atoms with Crippen LogP contribution in [0.2, 0.25) is 5.02 Å². The summed E-state index contributed by atoms with van der Waals surface area (Å²) in [4.78, 5) is 3.42. The van der Waals surface area contributed by atoms with E-state index in [1.54, 1.807) is 24.4 Å². The van der Waals surface area contributed by atoms with Gasteiger partial charge < -0.3 is 14.8 Å². The molecule has 0 spiro atoms. The Kier molecular flexibility index (Phi) is 7.18. The van der Waals surface area contributed by atoms with E-state index in [4.69, 9.17) is 21.1 Å². The number of aromatic nitrogens is 1. The smallest absolute Gasteiger partial charge is 0.187 e. The van der Waals surface area contributed by atoms with Crippen molar-refractivity contribution < 1.29 is 26.7 Å². The number of anilines is 1. The van der Waals surface area contributed by atoms with E-state index >= 15 is 0 Å². The molecule has 176 valence electrons. The molecule has 0 radical (unpaired) electrons. The van der Waals surface area contributed by atoms with E-state index in [1.807, 2.05) is 0 Å². The van der Waals surface area contributed by atoms with Gasteiger partial charge in [-0.3, -0.25) is 0 Å². The Bertz CT molecular complexity index is 1240. The average molecular weight is 515 g/mol. The normalized spacial score (nSPS) is 15.2. The summed E-state index contributed by atoms with van der Waals surface area (Å²) < 4.78 is 65.3. The minimum atomic E-state index is -3.99. The van der Waals surface area contributed by atoms with Gasteiger partial charge in [-0.2, -0.15) is 0 Å². The lowest BCUT2D eigenvalue weighted by Crippen LogP contribution is -2.32. The molecule has 3 aromatic rings. The number of rotatable bonds is 9. The van der Waals surface area contributed by atoms with Crippen molar-refractivity contribution in [1.82, 2.24) is 4.98 Å². The average Bonchev–Trinajstić information content (AvgIpc) is 3.22. The Hall–Kier alpha value is -2.27. The summed E-state index contributed by atoms with van der Waals surface area (Å²) in [6.45, 7) is 3.45. The third-order valence-electron chi connectivity index (χ3n) is 5.18. The van der Waals surface area contributed by atoms with Crippen LogP contribution >= 0.6 is 22.9 Å². The summed E-state index contributed by atoms with van der Waals surface area (Å²) >= 11 is 7.51. The predicted octanol–water partition coefficient (Wildman–Crippen LogP) is 5.25. The summed E-state index contributed by atoms with van der Waals surface area (Å²) in [5, 5.41) is 4.54. The summed E-state index contributed by atoms with van der Waals surface area (Å²) in [6.07, 6.45) is 0. The van der Waals surface area contributed by atoms with Crippen molar-refractivity contribution in [1.29, 1.82) is 0 Å². The number of sulfone groups is 1. The SMILES string of the molecule is C[C@H](Nc1cc(F)c(S(=O)(=O)Cc2cscn2)cc1Cl)c1cc(OCC2COC2)ccc1F. The highest BCUT2D eigenvalue weighted by Crippen LogP contribution is 2.33. The molecule has 1 aromatic heterocycles. The highest BCUT2D eigenvalue weighted by molar-refractivity contribution is 7.90.